The first-order valence-electron chi connectivity index (χ1n) is 11.4. The van der Waals surface area contributed by atoms with E-state index < -0.39 is 36.2 Å². The average molecular weight is 566 g/mol. The lowest BCUT2D eigenvalue weighted by molar-refractivity contribution is -0.144. The number of carboxylic acid groups (broad SMARTS) is 1. The molecule has 0 unspecified atom stereocenters. The Labute approximate surface area is 227 Å². The number of benzene rings is 3. The molecule has 0 aliphatic heterocycles. The van der Waals surface area contributed by atoms with E-state index in [4.69, 9.17) is 9.63 Å². The van der Waals surface area contributed by atoms with Gasteiger partial charge in [-0.2, -0.15) is 18.2 Å². The third kappa shape index (κ3) is 6.44. The minimum Gasteiger partial charge on any atom is -0.480 e. The Morgan fingerprint density at radius 2 is 1.74 bits per heavy atom. The van der Waals surface area contributed by atoms with E-state index in [-0.39, 0.29) is 52.9 Å². The van der Waals surface area contributed by atoms with Crippen LogP contribution < -0.4 is 0 Å². The topological polar surface area (TPSA) is 99.7 Å². The number of aliphatic hydroxyl groups is 1. The zero-order valence-corrected chi connectivity index (χ0v) is 21.6. The van der Waals surface area contributed by atoms with Crippen LogP contribution in [0.2, 0.25) is 0 Å². The van der Waals surface area contributed by atoms with Crippen molar-refractivity contribution in [1.82, 2.24) is 15.0 Å². The van der Waals surface area contributed by atoms with Crippen molar-refractivity contribution >= 4 is 18.4 Å². The van der Waals surface area contributed by atoms with E-state index in [1.807, 2.05) is 0 Å². The van der Waals surface area contributed by atoms with Gasteiger partial charge in [0, 0.05) is 23.2 Å². The molecule has 0 saturated heterocycles. The molecule has 1 heterocycles. The summed E-state index contributed by atoms with van der Waals surface area (Å²) in [4.78, 5) is 16.6. The fourth-order valence-corrected chi connectivity index (χ4v) is 4.08. The Balaban J connectivity index is 0.00000420. The predicted octanol–water partition coefficient (Wildman–Crippen LogP) is 5.84. The van der Waals surface area contributed by atoms with Crippen LogP contribution in [0.15, 0.2) is 65.2 Å². The largest absolute Gasteiger partial charge is 0.480 e. The molecule has 0 aliphatic carbocycles. The Kier molecular flexibility index (Phi) is 9.10. The first-order valence-corrected chi connectivity index (χ1v) is 11.4. The Morgan fingerprint density at radius 3 is 2.36 bits per heavy atom. The Bertz CT molecular complexity index is 1480. The molecule has 0 saturated carbocycles. The van der Waals surface area contributed by atoms with Crippen LogP contribution in [0.5, 0.6) is 0 Å². The van der Waals surface area contributed by atoms with E-state index in [2.05, 4.69) is 10.1 Å². The minimum absolute atomic E-state index is 0. The highest BCUT2D eigenvalue weighted by Crippen LogP contribution is 2.40. The molecule has 4 rings (SSSR count). The summed E-state index contributed by atoms with van der Waals surface area (Å²) in [7, 11) is 1.44. The number of carbonyl (C=O) groups is 1. The zero-order valence-electron chi connectivity index (χ0n) is 20.7. The summed E-state index contributed by atoms with van der Waals surface area (Å²) in [6, 6.07) is 13.3. The molecule has 3 aromatic carbocycles. The normalized spacial score (nSPS) is 12.3. The van der Waals surface area contributed by atoms with Crippen molar-refractivity contribution in [3.05, 3.63) is 83.2 Å². The number of aryl methyl sites for hydroxylation is 1. The van der Waals surface area contributed by atoms with Crippen molar-refractivity contribution in [1.29, 1.82) is 0 Å². The van der Waals surface area contributed by atoms with Gasteiger partial charge in [0.25, 0.3) is 5.89 Å². The quantitative estimate of drug-likeness (QED) is 0.259. The van der Waals surface area contributed by atoms with Gasteiger partial charge in [-0.15, -0.1) is 12.4 Å². The van der Waals surface area contributed by atoms with E-state index >= 15 is 0 Å². The molecule has 0 bridgehead atoms. The fraction of sp³-hybridized carbons (Fsp3) is 0.222. The van der Waals surface area contributed by atoms with Crippen LogP contribution in [0, 0.1) is 12.7 Å². The van der Waals surface area contributed by atoms with Crippen LogP contribution in [0.4, 0.5) is 17.6 Å². The number of likely N-dealkylation sites (N-methyl/N-ethyl adjacent to an activating group) is 1. The van der Waals surface area contributed by atoms with Crippen molar-refractivity contribution in [3.63, 3.8) is 0 Å². The van der Waals surface area contributed by atoms with Crippen LogP contribution in [0.3, 0.4) is 0 Å². The van der Waals surface area contributed by atoms with Crippen molar-refractivity contribution in [3.8, 4) is 34.0 Å². The second-order valence-electron chi connectivity index (χ2n) is 8.75. The molecule has 0 fully saturated rings. The van der Waals surface area contributed by atoms with Gasteiger partial charge in [-0.25, -0.2) is 4.39 Å². The van der Waals surface area contributed by atoms with E-state index in [0.717, 1.165) is 12.1 Å². The average Bonchev–Trinajstić information content (AvgIpc) is 3.35. The van der Waals surface area contributed by atoms with Crippen molar-refractivity contribution in [2.24, 2.45) is 0 Å². The number of aliphatic hydroxyl groups excluding tert-OH is 1. The summed E-state index contributed by atoms with van der Waals surface area (Å²) in [5, 5.41) is 22.2. The Hall–Kier alpha value is -3.80. The highest BCUT2D eigenvalue weighted by Gasteiger charge is 2.35. The SMILES string of the molecule is Cc1ccccc1-c1ccc(-c2nc(-c3ccc(CN(C)[C@@H](CO)C(=O)O)c(F)c3)no2)cc1C(F)(F)F.Cl. The number of hydrogen-bond donors (Lipinski definition) is 2. The van der Waals surface area contributed by atoms with E-state index in [1.165, 1.54) is 36.2 Å². The standard InChI is InChI=1S/C27H23F4N3O4.ClH/c1-15-5-3-4-6-19(15)20-10-9-17(11-21(20)27(29,30)31)25-32-24(33-38-25)16-7-8-18(22(28)12-16)13-34(2)23(14-35)26(36)37;/h3-12,23,35H,13-14H2,1-2H3,(H,36,37);1H/t23-;/m0./s1. The summed E-state index contributed by atoms with van der Waals surface area (Å²) in [6.07, 6.45) is -4.64. The van der Waals surface area contributed by atoms with Gasteiger partial charge in [-0.3, -0.25) is 9.69 Å². The Morgan fingerprint density at radius 1 is 1.05 bits per heavy atom. The minimum atomic E-state index is -4.64. The smallest absolute Gasteiger partial charge is 0.417 e. The molecule has 0 amide bonds. The molecule has 12 heteroatoms. The van der Waals surface area contributed by atoms with Gasteiger partial charge in [0.2, 0.25) is 5.82 Å². The van der Waals surface area contributed by atoms with E-state index in [9.17, 15) is 27.5 Å². The van der Waals surface area contributed by atoms with Gasteiger partial charge in [0.05, 0.1) is 12.2 Å². The zero-order chi connectivity index (χ0) is 27.6. The lowest BCUT2D eigenvalue weighted by Crippen LogP contribution is -2.40. The van der Waals surface area contributed by atoms with Crippen LogP contribution in [0.25, 0.3) is 34.0 Å². The second kappa shape index (κ2) is 11.9. The molecule has 39 heavy (non-hydrogen) atoms. The fourth-order valence-electron chi connectivity index (χ4n) is 4.08. The molecule has 0 radical (unpaired) electrons. The predicted molar refractivity (Wildman–Crippen MR) is 138 cm³/mol. The van der Waals surface area contributed by atoms with Crippen molar-refractivity contribution in [2.45, 2.75) is 25.7 Å². The summed E-state index contributed by atoms with van der Waals surface area (Å²) in [6.45, 7) is 1.00. The maximum atomic E-state index is 14.8. The van der Waals surface area contributed by atoms with Gasteiger partial charge in [0.15, 0.2) is 0 Å². The maximum Gasteiger partial charge on any atom is 0.417 e. The number of rotatable bonds is 8. The maximum absolute atomic E-state index is 14.8. The molecule has 1 aromatic heterocycles. The second-order valence-corrected chi connectivity index (χ2v) is 8.75. The molecule has 0 spiro atoms. The summed E-state index contributed by atoms with van der Waals surface area (Å²) >= 11 is 0. The van der Waals surface area contributed by atoms with Gasteiger partial charge < -0.3 is 14.7 Å². The molecule has 4 aromatic rings. The number of nitrogens with zero attached hydrogens (tertiary/aromatic N) is 3. The molecular weight excluding hydrogens is 542 g/mol. The van der Waals surface area contributed by atoms with E-state index in [1.54, 1.807) is 31.2 Å². The van der Waals surface area contributed by atoms with Crippen LogP contribution in [-0.2, 0) is 17.5 Å². The number of carboxylic acids is 1. The number of aliphatic carboxylic acids is 1. The molecule has 206 valence electrons. The highest BCUT2D eigenvalue weighted by atomic mass is 35.5. The molecular formula is C27H24ClF4N3O4. The van der Waals surface area contributed by atoms with Crippen LogP contribution >= 0.6 is 12.4 Å². The van der Waals surface area contributed by atoms with Crippen LogP contribution in [-0.4, -0.2) is 50.9 Å². The lowest BCUT2D eigenvalue weighted by Gasteiger charge is -2.23. The van der Waals surface area contributed by atoms with E-state index in [0.29, 0.717) is 11.1 Å². The molecule has 7 nitrogen and oxygen atoms in total. The highest BCUT2D eigenvalue weighted by molar-refractivity contribution is 5.85. The monoisotopic (exact) mass is 565 g/mol. The molecule has 2 N–H and O–H groups in total. The molecule has 1 atom stereocenters. The lowest BCUT2D eigenvalue weighted by atomic mass is 9.94. The van der Waals surface area contributed by atoms with Crippen molar-refractivity contribution in [2.75, 3.05) is 13.7 Å². The van der Waals surface area contributed by atoms with Gasteiger partial charge >= 0.3 is 12.1 Å². The first kappa shape index (κ1) is 29.8. The number of halogens is 5. The first-order chi connectivity index (χ1) is 18.0. The molecule has 0 aliphatic rings. The number of aromatic nitrogens is 2. The van der Waals surface area contributed by atoms with Crippen molar-refractivity contribution < 1.29 is 37.1 Å². The summed E-state index contributed by atoms with van der Waals surface area (Å²) in [5.41, 5.74) is 0.745. The summed E-state index contributed by atoms with van der Waals surface area (Å²) < 4.78 is 61.9. The number of alkyl halides is 3. The number of hydrogen-bond acceptors (Lipinski definition) is 6. The van der Waals surface area contributed by atoms with Gasteiger partial charge in [0.1, 0.15) is 11.9 Å². The van der Waals surface area contributed by atoms with Crippen LogP contribution in [0.1, 0.15) is 16.7 Å². The van der Waals surface area contributed by atoms with Gasteiger partial charge in [-0.05, 0) is 48.9 Å². The third-order valence-electron chi connectivity index (χ3n) is 6.15. The summed E-state index contributed by atoms with van der Waals surface area (Å²) in [5.74, 6) is -2.12. The third-order valence-corrected chi connectivity index (χ3v) is 6.15. The van der Waals surface area contributed by atoms with Gasteiger partial charge in [-0.1, -0.05) is 47.6 Å².